The number of benzene rings is 2. The van der Waals surface area contributed by atoms with Gasteiger partial charge in [-0.25, -0.2) is 14.2 Å². The highest BCUT2D eigenvalue weighted by molar-refractivity contribution is 5.89. The molecule has 0 atom stereocenters. The molecule has 3 rings (SSSR count). The minimum absolute atomic E-state index is 0.274. The van der Waals surface area contributed by atoms with Crippen molar-refractivity contribution >= 4 is 22.8 Å². The molecular weight excluding hydrogens is 307 g/mol. The number of fused-ring (bicyclic) bond motifs is 1. The van der Waals surface area contributed by atoms with Gasteiger partial charge in [0.2, 0.25) is 0 Å². The van der Waals surface area contributed by atoms with E-state index in [4.69, 9.17) is 0 Å². The Balaban J connectivity index is 1.58. The smallest absolute Gasteiger partial charge is 0.319 e. The summed E-state index contributed by atoms with van der Waals surface area (Å²) in [5, 5.41) is 5.55. The van der Waals surface area contributed by atoms with Crippen molar-refractivity contribution in [3.8, 4) is 0 Å². The number of nitrogens with zero attached hydrogens (tertiary/aromatic N) is 2. The summed E-state index contributed by atoms with van der Waals surface area (Å²) in [6.07, 6.45) is 0.520. The molecule has 6 heteroatoms. The van der Waals surface area contributed by atoms with Crippen LogP contribution in [0.5, 0.6) is 0 Å². The SMILES string of the molecule is Cc1ccc(NC(=O)NCCc2nc3c(F)cccc3n2C)cc1. The zero-order valence-corrected chi connectivity index (χ0v) is 13.6. The number of rotatable bonds is 4. The van der Waals surface area contributed by atoms with Crippen LogP contribution in [0.15, 0.2) is 42.5 Å². The van der Waals surface area contributed by atoms with E-state index in [1.165, 1.54) is 6.07 Å². The van der Waals surface area contributed by atoms with Gasteiger partial charge in [0.1, 0.15) is 11.3 Å². The van der Waals surface area contributed by atoms with Gasteiger partial charge in [-0.15, -0.1) is 0 Å². The first-order valence-electron chi connectivity index (χ1n) is 7.76. The number of halogens is 1. The number of nitrogens with one attached hydrogen (secondary N) is 2. The Morgan fingerprint density at radius 1 is 1.21 bits per heavy atom. The molecule has 0 fully saturated rings. The third kappa shape index (κ3) is 3.37. The Labute approximate surface area is 139 Å². The third-order valence-electron chi connectivity index (χ3n) is 3.90. The van der Waals surface area contributed by atoms with Gasteiger partial charge < -0.3 is 15.2 Å². The first-order valence-corrected chi connectivity index (χ1v) is 7.76. The highest BCUT2D eigenvalue weighted by Gasteiger charge is 2.11. The van der Waals surface area contributed by atoms with E-state index in [1.54, 1.807) is 6.07 Å². The Morgan fingerprint density at radius 3 is 2.67 bits per heavy atom. The second-order valence-corrected chi connectivity index (χ2v) is 5.69. The van der Waals surface area contributed by atoms with Crippen molar-refractivity contribution in [3.05, 3.63) is 59.7 Å². The van der Waals surface area contributed by atoms with E-state index in [0.29, 0.717) is 18.5 Å². The second-order valence-electron chi connectivity index (χ2n) is 5.69. The maximum absolute atomic E-state index is 13.7. The topological polar surface area (TPSA) is 59.0 Å². The fourth-order valence-electron chi connectivity index (χ4n) is 2.55. The molecule has 0 saturated heterocycles. The molecule has 5 nitrogen and oxygen atoms in total. The van der Waals surface area contributed by atoms with Crippen LogP contribution in [0.2, 0.25) is 0 Å². The zero-order chi connectivity index (χ0) is 17.1. The van der Waals surface area contributed by atoms with Crippen molar-refractivity contribution in [1.29, 1.82) is 0 Å². The molecule has 0 spiro atoms. The van der Waals surface area contributed by atoms with Crippen LogP contribution >= 0.6 is 0 Å². The fraction of sp³-hybridized carbons (Fsp3) is 0.222. The number of urea groups is 1. The summed E-state index contributed by atoms with van der Waals surface area (Å²) in [5.41, 5.74) is 2.98. The number of imidazole rings is 1. The van der Waals surface area contributed by atoms with Crippen LogP contribution in [0.1, 0.15) is 11.4 Å². The molecule has 3 aromatic rings. The second kappa shape index (κ2) is 6.70. The quantitative estimate of drug-likeness (QED) is 0.772. The Kier molecular flexibility index (Phi) is 4.46. The minimum Gasteiger partial charge on any atom is -0.337 e. The van der Waals surface area contributed by atoms with Gasteiger partial charge in [0, 0.05) is 25.7 Å². The molecule has 1 heterocycles. The fourth-order valence-corrected chi connectivity index (χ4v) is 2.55. The molecule has 0 saturated carbocycles. The number of aromatic nitrogens is 2. The predicted octanol–water partition coefficient (Wildman–Crippen LogP) is 3.39. The predicted molar refractivity (Wildman–Crippen MR) is 92.6 cm³/mol. The highest BCUT2D eigenvalue weighted by atomic mass is 19.1. The lowest BCUT2D eigenvalue weighted by Crippen LogP contribution is -2.30. The van der Waals surface area contributed by atoms with E-state index in [-0.39, 0.29) is 11.8 Å². The monoisotopic (exact) mass is 326 g/mol. The van der Waals surface area contributed by atoms with E-state index in [2.05, 4.69) is 15.6 Å². The summed E-state index contributed by atoms with van der Waals surface area (Å²) in [7, 11) is 1.84. The molecule has 124 valence electrons. The first kappa shape index (κ1) is 16.0. The van der Waals surface area contributed by atoms with Crippen LogP contribution in [0.4, 0.5) is 14.9 Å². The van der Waals surface area contributed by atoms with Gasteiger partial charge >= 0.3 is 6.03 Å². The molecule has 2 aromatic carbocycles. The Bertz CT molecular complexity index is 871. The van der Waals surface area contributed by atoms with Gasteiger partial charge in [0.15, 0.2) is 5.82 Å². The summed E-state index contributed by atoms with van der Waals surface area (Å²) in [4.78, 5) is 16.2. The molecule has 24 heavy (non-hydrogen) atoms. The number of para-hydroxylation sites is 1. The molecule has 2 amide bonds. The van der Waals surface area contributed by atoms with Crippen molar-refractivity contribution in [2.75, 3.05) is 11.9 Å². The Morgan fingerprint density at radius 2 is 1.96 bits per heavy atom. The van der Waals surface area contributed by atoms with Crippen LogP contribution in [0, 0.1) is 12.7 Å². The average molecular weight is 326 g/mol. The largest absolute Gasteiger partial charge is 0.337 e. The zero-order valence-electron chi connectivity index (χ0n) is 13.6. The van der Waals surface area contributed by atoms with Gasteiger partial charge in [-0.1, -0.05) is 23.8 Å². The molecule has 0 aliphatic heterocycles. The highest BCUT2D eigenvalue weighted by Crippen LogP contribution is 2.18. The normalized spacial score (nSPS) is 10.8. The molecule has 0 aliphatic carbocycles. The van der Waals surface area contributed by atoms with Crippen LogP contribution in [-0.2, 0) is 13.5 Å². The summed E-state index contributed by atoms with van der Waals surface area (Å²) in [6.45, 7) is 2.40. The van der Waals surface area contributed by atoms with Gasteiger partial charge in [-0.3, -0.25) is 0 Å². The summed E-state index contributed by atoms with van der Waals surface area (Å²) >= 11 is 0. The summed E-state index contributed by atoms with van der Waals surface area (Å²) in [6, 6.07) is 12.2. The van der Waals surface area contributed by atoms with Gasteiger partial charge in [-0.2, -0.15) is 0 Å². The van der Waals surface area contributed by atoms with Crippen molar-refractivity contribution < 1.29 is 9.18 Å². The number of carbonyl (C=O) groups is 1. The van der Waals surface area contributed by atoms with E-state index < -0.39 is 0 Å². The molecule has 0 aliphatic rings. The van der Waals surface area contributed by atoms with Gasteiger partial charge in [0.05, 0.1) is 5.52 Å². The third-order valence-corrected chi connectivity index (χ3v) is 3.90. The molecule has 0 bridgehead atoms. The molecule has 0 unspecified atom stereocenters. The number of amides is 2. The Hall–Kier alpha value is -2.89. The maximum Gasteiger partial charge on any atom is 0.319 e. The minimum atomic E-state index is -0.334. The molecule has 1 aromatic heterocycles. The van der Waals surface area contributed by atoms with Gasteiger partial charge in [0.25, 0.3) is 0 Å². The average Bonchev–Trinajstić information content (AvgIpc) is 2.88. The molecular formula is C18H19FN4O. The molecule has 0 radical (unpaired) electrons. The van der Waals surface area contributed by atoms with Crippen LogP contribution < -0.4 is 10.6 Å². The lowest BCUT2D eigenvalue weighted by molar-refractivity contribution is 0.252. The summed E-state index contributed by atoms with van der Waals surface area (Å²) in [5.74, 6) is 0.394. The lowest BCUT2D eigenvalue weighted by atomic mass is 10.2. The number of hydrogen-bond donors (Lipinski definition) is 2. The lowest BCUT2D eigenvalue weighted by Gasteiger charge is -2.08. The molecule has 2 N–H and O–H groups in total. The van der Waals surface area contributed by atoms with Crippen LogP contribution in [0.3, 0.4) is 0 Å². The van der Waals surface area contributed by atoms with Crippen molar-refractivity contribution in [2.24, 2.45) is 7.05 Å². The van der Waals surface area contributed by atoms with Crippen LogP contribution in [-0.4, -0.2) is 22.1 Å². The standard InChI is InChI=1S/C18H19FN4O/c1-12-6-8-13(9-7-12)21-18(24)20-11-10-16-22-17-14(19)4-3-5-15(17)23(16)2/h3-9H,10-11H2,1-2H3,(H2,20,21,24). The van der Waals surface area contributed by atoms with E-state index >= 15 is 0 Å². The van der Waals surface area contributed by atoms with Gasteiger partial charge in [-0.05, 0) is 31.2 Å². The number of carbonyl (C=O) groups excluding carboxylic acids is 1. The van der Waals surface area contributed by atoms with Crippen molar-refractivity contribution in [1.82, 2.24) is 14.9 Å². The number of hydrogen-bond acceptors (Lipinski definition) is 2. The first-order chi connectivity index (χ1) is 11.5. The van der Waals surface area contributed by atoms with E-state index in [9.17, 15) is 9.18 Å². The van der Waals surface area contributed by atoms with Crippen molar-refractivity contribution in [3.63, 3.8) is 0 Å². The summed E-state index contributed by atoms with van der Waals surface area (Å²) < 4.78 is 15.6. The number of aryl methyl sites for hydroxylation is 2. The van der Waals surface area contributed by atoms with Crippen molar-refractivity contribution in [2.45, 2.75) is 13.3 Å². The van der Waals surface area contributed by atoms with Crippen LogP contribution in [0.25, 0.3) is 11.0 Å². The van der Waals surface area contributed by atoms with E-state index in [0.717, 1.165) is 22.6 Å². The number of anilines is 1. The van der Waals surface area contributed by atoms with E-state index in [1.807, 2.05) is 48.9 Å². The maximum atomic E-state index is 13.7.